The van der Waals surface area contributed by atoms with Crippen molar-refractivity contribution in [3.8, 4) is 0 Å². The summed E-state index contributed by atoms with van der Waals surface area (Å²) >= 11 is 5.91. The summed E-state index contributed by atoms with van der Waals surface area (Å²) in [5.74, 6) is 0.555. The highest BCUT2D eigenvalue weighted by Gasteiger charge is 2.19. The predicted molar refractivity (Wildman–Crippen MR) is 83.5 cm³/mol. The lowest BCUT2D eigenvalue weighted by molar-refractivity contribution is 0.169. The van der Waals surface area contributed by atoms with E-state index in [2.05, 4.69) is 9.88 Å². The smallest absolute Gasteiger partial charge is 0.258 e. The molecular formula is C15H19ClN4O. The number of fused-ring (bicyclic) bond motifs is 1. The molecule has 1 aliphatic rings. The number of pyridine rings is 1. The fourth-order valence-corrected chi connectivity index (χ4v) is 3.08. The van der Waals surface area contributed by atoms with Crippen LogP contribution in [0.1, 0.15) is 18.5 Å². The predicted octanol–water partition coefficient (Wildman–Crippen LogP) is 1.52. The van der Waals surface area contributed by atoms with E-state index in [0.717, 1.165) is 31.7 Å². The molecule has 0 spiro atoms. The summed E-state index contributed by atoms with van der Waals surface area (Å²) in [4.78, 5) is 19.0. The molecule has 112 valence electrons. The molecule has 1 fully saturated rings. The zero-order valence-corrected chi connectivity index (χ0v) is 12.6. The number of piperidine rings is 1. The van der Waals surface area contributed by atoms with Crippen LogP contribution in [-0.4, -0.2) is 33.9 Å². The van der Waals surface area contributed by atoms with Crippen molar-refractivity contribution < 1.29 is 0 Å². The first-order valence-corrected chi connectivity index (χ1v) is 7.64. The fraction of sp³-hybridized carbons (Fsp3) is 0.467. The molecule has 3 heterocycles. The van der Waals surface area contributed by atoms with Crippen molar-refractivity contribution in [2.24, 2.45) is 11.7 Å². The molecule has 1 atom stereocenters. The molecule has 0 amide bonds. The van der Waals surface area contributed by atoms with Gasteiger partial charge in [-0.3, -0.25) is 14.1 Å². The van der Waals surface area contributed by atoms with Crippen molar-refractivity contribution in [1.29, 1.82) is 0 Å². The monoisotopic (exact) mass is 306 g/mol. The normalized spacial score (nSPS) is 20.0. The number of nitrogens with two attached hydrogens (primary N) is 1. The van der Waals surface area contributed by atoms with Gasteiger partial charge in [0.25, 0.3) is 5.56 Å². The van der Waals surface area contributed by atoms with Crippen LogP contribution in [0.25, 0.3) is 5.65 Å². The molecule has 0 saturated carbocycles. The summed E-state index contributed by atoms with van der Waals surface area (Å²) in [5.41, 5.74) is 7.11. The first kappa shape index (κ1) is 14.5. The van der Waals surface area contributed by atoms with Gasteiger partial charge in [-0.05, 0) is 44.0 Å². The van der Waals surface area contributed by atoms with Crippen molar-refractivity contribution >= 4 is 17.2 Å². The Morgan fingerprint density at radius 1 is 1.43 bits per heavy atom. The van der Waals surface area contributed by atoms with Crippen LogP contribution in [0.5, 0.6) is 0 Å². The molecule has 1 aliphatic heterocycles. The molecule has 2 aromatic rings. The van der Waals surface area contributed by atoms with Crippen molar-refractivity contribution in [1.82, 2.24) is 14.3 Å². The van der Waals surface area contributed by atoms with E-state index in [1.165, 1.54) is 10.8 Å². The molecule has 0 aliphatic carbocycles. The minimum absolute atomic E-state index is 0.0927. The number of hydrogen-bond donors (Lipinski definition) is 1. The fourth-order valence-electron chi connectivity index (χ4n) is 2.92. The third kappa shape index (κ3) is 3.26. The molecule has 2 aromatic heterocycles. The topological polar surface area (TPSA) is 63.6 Å². The quantitative estimate of drug-likeness (QED) is 0.934. The van der Waals surface area contributed by atoms with Gasteiger partial charge in [-0.25, -0.2) is 4.98 Å². The summed E-state index contributed by atoms with van der Waals surface area (Å²) in [6.07, 6.45) is 3.95. The standard InChI is InChI=1S/C15H19ClN4O/c16-12-3-4-14-18-13(6-15(21)20(14)9-12)10-19-5-1-2-11(7-17)8-19/h3-4,6,9,11H,1-2,5,7-8,10,17H2. The van der Waals surface area contributed by atoms with E-state index in [1.54, 1.807) is 24.4 Å². The Labute approximate surface area is 128 Å². The first-order valence-electron chi connectivity index (χ1n) is 7.26. The summed E-state index contributed by atoms with van der Waals surface area (Å²) in [5, 5.41) is 0.529. The van der Waals surface area contributed by atoms with Crippen LogP contribution in [0.3, 0.4) is 0 Å². The van der Waals surface area contributed by atoms with Gasteiger partial charge in [0.15, 0.2) is 0 Å². The molecule has 21 heavy (non-hydrogen) atoms. The number of halogens is 1. The number of hydrogen-bond acceptors (Lipinski definition) is 4. The van der Waals surface area contributed by atoms with E-state index in [-0.39, 0.29) is 5.56 Å². The van der Waals surface area contributed by atoms with Crippen LogP contribution in [0, 0.1) is 5.92 Å². The van der Waals surface area contributed by atoms with Gasteiger partial charge >= 0.3 is 0 Å². The molecule has 1 unspecified atom stereocenters. The van der Waals surface area contributed by atoms with Gasteiger partial charge < -0.3 is 5.73 Å². The Morgan fingerprint density at radius 3 is 3.10 bits per heavy atom. The van der Waals surface area contributed by atoms with Crippen molar-refractivity contribution in [2.45, 2.75) is 19.4 Å². The highest BCUT2D eigenvalue weighted by Crippen LogP contribution is 2.17. The van der Waals surface area contributed by atoms with E-state index in [9.17, 15) is 4.79 Å². The van der Waals surface area contributed by atoms with Crippen molar-refractivity contribution in [3.63, 3.8) is 0 Å². The minimum atomic E-state index is -0.0927. The zero-order chi connectivity index (χ0) is 14.8. The number of rotatable bonds is 3. The molecule has 2 N–H and O–H groups in total. The van der Waals surface area contributed by atoms with Gasteiger partial charge in [0, 0.05) is 25.4 Å². The van der Waals surface area contributed by atoms with Crippen LogP contribution >= 0.6 is 11.6 Å². The highest BCUT2D eigenvalue weighted by molar-refractivity contribution is 6.30. The third-order valence-corrected chi connectivity index (χ3v) is 4.22. The second-order valence-corrected chi connectivity index (χ2v) is 6.08. The average molecular weight is 307 g/mol. The molecule has 0 bridgehead atoms. The summed E-state index contributed by atoms with van der Waals surface area (Å²) in [6, 6.07) is 5.11. The van der Waals surface area contributed by atoms with Gasteiger partial charge in [-0.15, -0.1) is 0 Å². The van der Waals surface area contributed by atoms with Gasteiger partial charge in [-0.2, -0.15) is 0 Å². The average Bonchev–Trinajstić information content (AvgIpc) is 2.48. The van der Waals surface area contributed by atoms with Crippen LogP contribution in [0.15, 0.2) is 29.2 Å². The molecule has 6 heteroatoms. The molecular weight excluding hydrogens is 288 g/mol. The highest BCUT2D eigenvalue weighted by atomic mass is 35.5. The number of aromatic nitrogens is 2. The second kappa shape index (κ2) is 6.13. The van der Waals surface area contributed by atoms with Crippen molar-refractivity contribution in [3.05, 3.63) is 45.5 Å². The summed E-state index contributed by atoms with van der Waals surface area (Å²) in [6.45, 7) is 3.45. The lowest BCUT2D eigenvalue weighted by Gasteiger charge is -2.31. The van der Waals surface area contributed by atoms with Gasteiger partial charge in [0.2, 0.25) is 0 Å². The Balaban J connectivity index is 1.84. The number of likely N-dealkylation sites (tertiary alicyclic amines) is 1. The van der Waals surface area contributed by atoms with Gasteiger partial charge in [0.1, 0.15) is 5.65 Å². The molecule has 1 saturated heterocycles. The first-order chi connectivity index (χ1) is 10.2. The summed E-state index contributed by atoms with van der Waals surface area (Å²) in [7, 11) is 0. The SMILES string of the molecule is NCC1CCCN(Cc2cc(=O)n3cc(Cl)ccc3n2)C1. The van der Waals surface area contributed by atoms with E-state index < -0.39 is 0 Å². The molecule has 0 aromatic carbocycles. The van der Waals surface area contributed by atoms with Crippen LogP contribution in [0.4, 0.5) is 0 Å². The Bertz CT molecular complexity index is 700. The van der Waals surface area contributed by atoms with E-state index >= 15 is 0 Å². The lowest BCUT2D eigenvalue weighted by atomic mass is 9.98. The summed E-state index contributed by atoms with van der Waals surface area (Å²) < 4.78 is 1.48. The molecule has 0 radical (unpaired) electrons. The lowest BCUT2D eigenvalue weighted by Crippen LogP contribution is -2.38. The third-order valence-electron chi connectivity index (χ3n) is 4.00. The largest absolute Gasteiger partial charge is 0.330 e. The van der Waals surface area contributed by atoms with Crippen LogP contribution < -0.4 is 11.3 Å². The number of nitrogens with zero attached hydrogens (tertiary/aromatic N) is 3. The second-order valence-electron chi connectivity index (χ2n) is 5.64. The maximum absolute atomic E-state index is 12.1. The Morgan fingerprint density at radius 2 is 2.29 bits per heavy atom. The molecule has 3 rings (SSSR count). The van der Waals surface area contributed by atoms with Crippen LogP contribution in [-0.2, 0) is 6.54 Å². The van der Waals surface area contributed by atoms with E-state index in [0.29, 0.717) is 23.1 Å². The van der Waals surface area contributed by atoms with Crippen LogP contribution in [0.2, 0.25) is 5.02 Å². The minimum Gasteiger partial charge on any atom is -0.330 e. The van der Waals surface area contributed by atoms with Gasteiger partial charge in [0.05, 0.1) is 10.7 Å². The maximum atomic E-state index is 12.1. The maximum Gasteiger partial charge on any atom is 0.258 e. The van der Waals surface area contributed by atoms with E-state index in [1.807, 2.05) is 0 Å². The van der Waals surface area contributed by atoms with Crippen molar-refractivity contribution in [2.75, 3.05) is 19.6 Å². The molecule has 5 nitrogen and oxygen atoms in total. The van der Waals surface area contributed by atoms with E-state index in [4.69, 9.17) is 17.3 Å². The van der Waals surface area contributed by atoms with Gasteiger partial charge in [-0.1, -0.05) is 11.6 Å². The zero-order valence-electron chi connectivity index (χ0n) is 11.8. The Hall–Kier alpha value is -1.43. The Kier molecular flexibility index (Phi) is 4.24.